The second-order valence-electron chi connectivity index (χ2n) is 6.11. The Bertz CT molecular complexity index is 800. The fourth-order valence-electron chi connectivity index (χ4n) is 2.66. The summed E-state index contributed by atoms with van der Waals surface area (Å²) in [4.78, 5) is 32.7. The van der Waals surface area contributed by atoms with Crippen LogP contribution in [0.3, 0.4) is 0 Å². The second-order valence-corrected chi connectivity index (χ2v) is 6.11. The molecule has 1 aliphatic heterocycles. The molecule has 132 valence electrons. The molecule has 7 heteroatoms. The normalized spacial score (nSPS) is 16.8. The van der Waals surface area contributed by atoms with Gasteiger partial charge in [0.1, 0.15) is 0 Å². The molecule has 1 aromatic heterocycles. The Labute approximate surface area is 145 Å². The number of carbonyl (C=O) groups is 2. The van der Waals surface area contributed by atoms with Crippen LogP contribution in [0, 0.1) is 13.8 Å². The molecule has 1 atom stereocenters. The zero-order chi connectivity index (χ0) is 17.8. The van der Waals surface area contributed by atoms with Crippen molar-refractivity contribution in [2.24, 2.45) is 0 Å². The zero-order valence-electron chi connectivity index (χ0n) is 14.4. The first-order valence-corrected chi connectivity index (χ1v) is 8.33. The summed E-state index contributed by atoms with van der Waals surface area (Å²) < 4.78 is 10.5. The maximum absolute atomic E-state index is 12.1. The van der Waals surface area contributed by atoms with Crippen LogP contribution in [0.15, 0.2) is 18.2 Å². The van der Waals surface area contributed by atoms with E-state index in [-0.39, 0.29) is 18.6 Å². The van der Waals surface area contributed by atoms with Crippen molar-refractivity contribution in [2.45, 2.75) is 32.8 Å². The van der Waals surface area contributed by atoms with Gasteiger partial charge in [-0.15, -0.1) is 0 Å². The van der Waals surface area contributed by atoms with Gasteiger partial charge in [0.05, 0.1) is 34.1 Å². The number of nitrogens with zero attached hydrogens (tertiary/aromatic N) is 2. The van der Waals surface area contributed by atoms with E-state index in [1.54, 1.807) is 18.2 Å². The number of ether oxygens (including phenoxy) is 2. The molecule has 2 aromatic rings. The van der Waals surface area contributed by atoms with E-state index in [9.17, 15) is 9.59 Å². The first-order valence-electron chi connectivity index (χ1n) is 8.33. The molecule has 0 radical (unpaired) electrons. The number of benzene rings is 1. The van der Waals surface area contributed by atoms with E-state index in [1.807, 2.05) is 13.8 Å². The molecule has 1 fully saturated rings. The summed E-state index contributed by atoms with van der Waals surface area (Å²) in [5.41, 5.74) is 3.35. The van der Waals surface area contributed by atoms with Crippen molar-refractivity contribution in [2.75, 3.05) is 19.8 Å². The molecule has 3 rings (SSSR count). The average molecular weight is 343 g/mol. The van der Waals surface area contributed by atoms with Crippen LogP contribution in [0.5, 0.6) is 0 Å². The SMILES string of the molecule is Cc1nc2ccc(C(=O)OCC(=O)NCC3CCCO3)cc2nc1C. The summed E-state index contributed by atoms with van der Waals surface area (Å²) in [6.07, 6.45) is 2.02. The molecule has 1 amide bonds. The molecule has 1 saturated heterocycles. The van der Waals surface area contributed by atoms with Crippen LogP contribution in [0.4, 0.5) is 0 Å². The molecule has 25 heavy (non-hydrogen) atoms. The third-order valence-electron chi connectivity index (χ3n) is 4.20. The fraction of sp³-hybridized carbons (Fsp3) is 0.444. The number of hydrogen-bond acceptors (Lipinski definition) is 6. The standard InChI is InChI=1S/C18H21N3O4/c1-11-12(2)21-16-8-13(5-6-15(16)20-11)18(23)25-10-17(22)19-9-14-4-3-7-24-14/h5-6,8,14H,3-4,7,9-10H2,1-2H3,(H,19,22). The summed E-state index contributed by atoms with van der Waals surface area (Å²) >= 11 is 0. The van der Waals surface area contributed by atoms with Gasteiger partial charge in [-0.3, -0.25) is 4.79 Å². The van der Waals surface area contributed by atoms with E-state index < -0.39 is 5.97 Å². The maximum atomic E-state index is 12.1. The van der Waals surface area contributed by atoms with Crippen LogP contribution in [0.2, 0.25) is 0 Å². The molecular weight excluding hydrogens is 322 g/mol. The predicted octanol–water partition coefficient (Wildman–Crippen LogP) is 1.70. The number of rotatable bonds is 5. The number of carbonyl (C=O) groups excluding carboxylic acids is 2. The molecule has 1 unspecified atom stereocenters. The van der Waals surface area contributed by atoms with Crippen molar-refractivity contribution in [3.05, 3.63) is 35.2 Å². The molecular formula is C18H21N3O4. The molecule has 1 N–H and O–H groups in total. The smallest absolute Gasteiger partial charge is 0.338 e. The number of aryl methyl sites for hydroxylation is 2. The number of nitrogens with one attached hydrogen (secondary N) is 1. The van der Waals surface area contributed by atoms with Gasteiger partial charge in [-0.25, -0.2) is 14.8 Å². The molecule has 7 nitrogen and oxygen atoms in total. The maximum Gasteiger partial charge on any atom is 0.338 e. The highest BCUT2D eigenvalue weighted by Crippen LogP contribution is 2.15. The molecule has 1 aromatic carbocycles. The number of fused-ring (bicyclic) bond motifs is 1. The summed E-state index contributed by atoms with van der Waals surface area (Å²) in [6.45, 7) is 4.62. The third kappa shape index (κ3) is 4.30. The average Bonchev–Trinajstić information content (AvgIpc) is 3.12. The van der Waals surface area contributed by atoms with Crippen molar-refractivity contribution in [1.82, 2.24) is 15.3 Å². The predicted molar refractivity (Wildman–Crippen MR) is 91.3 cm³/mol. The molecule has 0 aliphatic carbocycles. The Hall–Kier alpha value is -2.54. The topological polar surface area (TPSA) is 90.4 Å². The lowest BCUT2D eigenvalue weighted by molar-refractivity contribution is -0.124. The molecule has 0 bridgehead atoms. The van der Waals surface area contributed by atoms with Crippen LogP contribution < -0.4 is 5.32 Å². The minimum Gasteiger partial charge on any atom is -0.452 e. The summed E-state index contributed by atoms with van der Waals surface area (Å²) in [6, 6.07) is 4.97. The first kappa shape index (κ1) is 17.3. The highest BCUT2D eigenvalue weighted by molar-refractivity contribution is 5.94. The highest BCUT2D eigenvalue weighted by atomic mass is 16.5. The summed E-state index contributed by atoms with van der Waals surface area (Å²) in [5, 5.41) is 2.71. The lowest BCUT2D eigenvalue weighted by Crippen LogP contribution is -2.34. The van der Waals surface area contributed by atoms with Crippen molar-refractivity contribution in [1.29, 1.82) is 0 Å². The Morgan fingerprint density at radius 2 is 2.00 bits per heavy atom. The Kier molecular flexibility index (Phi) is 5.23. The summed E-state index contributed by atoms with van der Waals surface area (Å²) in [7, 11) is 0. The van der Waals surface area contributed by atoms with Gasteiger partial charge in [-0.05, 0) is 44.9 Å². The van der Waals surface area contributed by atoms with E-state index in [1.165, 1.54) is 0 Å². The van der Waals surface area contributed by atoms with E-state index >= 15 is 0 Å². The lowest BCUT2D eigenvalue weighted by atomic mass is 10.2. The lowest BCUT2D eigenvalue weighted by Gasteiger charge is -2.11. The van der Waals surface area contributed by atoms with Crippen LogP contribution >= 0.6 is 0 Å². The van der Waals surface area contributed by atoms with Gasteiger partial charge in [-0.1, -0.05) is 0 Å². The second kappa shape index (κ2) is 7.57. The van der Waals surface area contributed by atoms with Crippen molar-refractivity contribution < 1.29 is 19.1 Å². The number of esters is 1. The van der Waals surface area contributed by atoms with Crippen LogP contribution in [0.1, 0.15) is 34.6 Å². The van der Waals surface area contributed by atoms with Gasteiger partial charge in [-0.2, -0.15) is 0 Å². The molecule has 0 saturated carbocycles. The van der Waals surface area contributed by atoms with E-state index in [0.717, 1.165) is 30.8 Å². The Morgan fingerprint density at radius 3 is 2.72 bits per heavy atom. The van der Waals surface area contributed by atoms with Gasteiger partial charge in [0, 0.05) is 13.2 Å². The van der Waals surface area contributed by atoms with Gasteiger partial charge in [0.2, 0.25) is 0 Å². The van der Waals surface area contributed by atoms with Crippen molar-refractivity contribution in [3.63, 3.8) is 0 Å². The monoisotopic (exact) mass is 343 g/mol. The largest absolute Gasteiger partial charge is 0.452 e. The van der Waals surface area contributed by atoms with Gasteiger partial charge < -0.3 is 14.8 Å². The Morgan fingerprint density at radius 1 is 1.24 bits per heavy atom. The van der Waals surface area contributed by atoms with E-state index in [0.29, 0.717) is 23.1 Å². The number of aromatic nitrogens is 2. The van der Waals surface area contributed by atoms with Crippen LogP contribution in [-0.4, -0.2) is 47.7 Å². The minimum atomic E-state index is -0.561. The molecule has 2 heterocycles. The Balaban J connectivity index is 1.56. The molecule has 0 spiro atoms. The van der Waals surface area contributed by atoms with Gasteiger partial charge in [0.15, 0.2) is 6.61 Å². The fourth-order valence-corrected chi connectivity index (χ4v) is 2.66. The minimum absolute atomic E-state index is 0.0606. The third-order valence-corrected chi connectivity index (χ3v) is 4.20. The van der Waals surface area contributed by atoms with Gasteiger partial charge >= 0.3 is 5.97 Å². The van der Waals surface area contributed by atoms with Crippen LogP contribution in [-0.2, 0) is 14.3 Å². The highest BCUT2D eigenvalue weighted by Gasteiger charge is 2.17. The first-order chi connectivity index (χ1) is 12.0. The van der Waals surface area contributed by atoms with Crippen molar-refractivity contribution >= 4 is 22.9 Å². The van der Waals surface area contributed by atoms with Crippen LogP contribution in [0.25, 0.3) is 11.0 Å². The van der Waals surface area contributed by atoms with E-state index in [2.05, 4.69) is 15.3 Å². The van der Waals surface area contributed by atoms with Gasteiger partial charge in [0.25, 0.3) is 5.91 Å². The number of amides is 1. The summed E-state index contributed by atoms with van der Waals surface area (Å²) in [5.74, 6) is -0.898. The van der Waals surface area contributed by atoms with E-state index in [4.69, 9.17) is 9.47 Å². The zero-order valence-corrected chi connectivity index (χ0v) is 14.4. The number of hydrogen-bond donors (Lipinski definition) is 1. The van der Waals surface area contributed by atoms with Crippen molar-refractivity contribution in [3.8, 4) is 0 Å². The molecule has 1 aliphatic rings. The quantitative estimate of drug-likeness (QED) is 0.831.